The minimum absolute atomic E-state index is 0.968. The first-order valence-electron chi connectivity index (χ1n) is 6.13. The minimum atomic E-state index is 0.968. The summed E-state index contributed by atoms with van der Waals surface area (Å²) in [5.74, 6) is 0. The topological polar surface area (TPSA) is 0 Å². The molecule has 16 heavy (non-hydrogen) atoms. The Morgan fingerprint density at radius 2 is 1.75 bits per heavy atom. The molecule has 2 aromatic carbocycles. The summed E-state index contributed by atoms with van der Waals surface area (Å²) in [7, 11) is 0.968. The number of hydrogen-bond donors (Lipinski definition) is 0. The van der Waals surface area contributed by atoms with Crippen molar-refractivity contribution < 1.29 is 0 Å². The molecule has 0 saturated carbocycles. The van der Waals surface area contributed by atoms with Crippen molar-refractivity contribution in [2.45, 2.75) is 26.2 Å². The van der Waals surface area contributed by atoms with E-state index in [0.29, 0.717) is 0 Å². The molecule has 0 aromatic heterocycles. The van der Waals surface area contributed by atoms with Gasteiger partial charge in [0.25, 0.3) is 0 Å². The predicted octanol–water partition coefficient (Wildman–Crippen LogP) is 4.33. The zero-order valence-electron chi connectivity index (χ0n) is 9.87. The molecule has 84 valence electrons. The molecule has 1 atom stereocenters. The molecular formula is C15H19P. The van der Waals surface area contributed by atoms with E-state index in [-0.39, 0.29) is 0 Å². The molecule has 0 fully saturated rings. The third kappa shape index (κ3) is 2.83. The van der Waals surface area contributed by atoms with E-state index in [9.17, 15) is 0 Å². The van der Waals surface area contributed by atoms with Gasteiger partial charge in [-0.05, 0) is 28.7 Å². The van der Waals surface area contributed by atoms with Crippen LogP contribution in [0.3, 0.4) is 0 Å². The summed E-state index contributed by atoms with van der Waals surface area (Å²) in [5.41, 5.74) is 0. The molecule has 1 heteroatoms. The number of hydrogen-bond acceptors (Lipinski definition) is 0. The van der Waals surface area contributed by atoms with E-state index in [2.05, 4.69) is 49.4 Å². The van der Waals surface area contributed by atoms with E-state index in [0.717, 1.165) is 8.58 Å². The van der Waals surface area contributed by atoms with E-state index >= 15 is 0 Å². The van der Waals surface area contributed by atoms with E-state index in [4.69, 9.17) is 0 Å². The molecule has 2 rings (SSSR count). The highest BCUT2D eigenvalue weighted by atomic mass is 31.1. The van der Waals surface area contributed by atoms with Gasteiger partial charge in [-0.3, -0.25) is 0 Å². The van der Waals surface area contributed by atoms with Gasteiger partial charge in [0.2, 0.25) is 0 Å². The highest BCUT2D eigenvalue weighted by molar-refractivity contribution is 7.47. The van der Waals surface area contributed by atoms with Gasteiger partial charge in [0, 0.05) is 0 Å². The predicted molar refractivity (Wildman–Crippen MR) is 76.3 cm³/mol. The van der Waals surface area contributed by atoms with E-state index in [1.54, 1.807) is 0 Å². The fourth-order valence-corrected chi connectivity index (χ4v) is 3.31. The van der Waals surface area contributed by atoms with Crippen LogP contribution in [0, 0.1) is 0 Å². The lowest BCUT2D eigenvalue weighted by atomic mass is 10.1. The van der Waals surface area contributed by atoms with Gasteiger partial charge in [-0.1, -0.05) is 70.8 Å². The van der Waals surface area contributed by atoms with Crippen LogP contribution in [0.1, 0.15) is 26.2 Å². The maximum atomic E-state index is 2.28. The van der Waals surface area contributed by atoms with Gasteiger partial charge in [0.05, 0.1) is 0 Å². The van der Waals surface area contributed by atoms with Crippen molar-refractivity contribution in [3.8, 4) is 0 Å². The van der Waals surface area contributed by atoms with Gasteiger partial charge < -0.3 is 0 Å². The van der Waals surface area contributed by atoms with Crippen LogP contribution < -0.4 is 5.30 Å². The van der Waals surface area contributed by atoms with Crippen molar-refractivity contribution in [2.24, 2.45) is 0 Å². The van der Waals surface area contributed by atoms with E-state index < -0.39 is 0 Å². The lowest BCUT2D eigenvalue weighted by Gasteiger charge is -2.06. The first-order valence-corrected chi connectivity index (χ1v) is 7.34. The Labute approximate surface area is 99.9 Å². The Morgan fingerprint density at radius 3 is 2.62 bits per heavy atom. The van der Waals surface area contributed by atoms with E-state index in [1.807, 2.05) is 0 Å². The van der Waals surface area contributed by atoms with E-state index in [1.165, 1.54) is 41.5 Å². The molecule has 0 aliphatic carbocycles. The van der Waals surface area contributed by atoms with Gasteiger partial charge in [0.1, 0.15) is 0 Å². The fourth-order valence-electron chi connectivity index (χ4n) is 1.98. The van der Waals surface area contributed by atoms with Crippen LogP contribution in [-0.4, -0.2) is 6.16 Å². The summed E-state index contributed by atoms with van der Waals surface area (Å²) in [5, 5.41) is 4.36. The number of unbranched alkanes of at least 4 members (excludes halogenated alkanes) is 2. The van der Waals surface area contributed by atoms with Crippen LogP contribution in [0.5, 0.6) is 0 Å². The summed E-state index contributed by atoms with van der Waals surface area (Å²) >= 11 is 0. The molecule has 0 aliphatic heterocycles. The van der Waals surface area contributed by atoms with Crippen LogP contribution >= 0.6 is 8.58 Å². The van der Waals surface area contributed by atoms with Gasteiger partial charge >= 0.3 is 0 Å². The molecule has 0 amide bonds. The van der Waals surface area contributed by atoms with Crippen molar-refractivity contribution in [1.82, 2.24) is 0 Å². The molecule has 0 aliphatic rings. The van der Waals surface area contributed by atoms with Gasteiger partial charge in [-0.2, -0.15) is 0 Å². The van der Waals surface area contributed by atoms with Crippen molar-refractivity contribution in [2.75, 3.05) is 6.16 Å². The molecule has 0 N–H and O–H groups in total. The zero-order chi connectivity index (χ0) is 11.2. The first kappa shape index (κ1) is 11.6. The smallest absolute Gasteiger partial charge is 0.0110 e. The Balaban J connectivity index is 2.11. The summed E-state index contributed by atoms with van der Waals surface area (Å²) in [6, 6.07) is 15.4. The maximum Gasteiger partial charge on any atom is -0.0110 e. The first-order chi connectivity index (χ1) is 7.92. The second kappa shape index (κ2) is 6.01. The monoisotopic (exact) mass is 230 g/mol. The van der Waals surface area contributed by atoms with Crippen molar-refractivity contribution in [3.05, 3.63) is 42.5 Å². The molecule has 0 heterocycles. The van der Waals surface area contributed by atoms with Crippen molar-refractivity contribution >= 4 is 24.7 Å². The highest BCUT2D eigenvalue weighted by Crippen LogP contribution is 2.20. The van der Waals surface area contributed by atoms with Gasteiger partial charge in [-0.25, -0.2) is 0 Å². The van der Waals surface area contributed by atoms with Crippen molar-refractivity contribution in [3.63, 3.8) is 0 Å². The molecule has 0 spiro atoms. The third-order valence-electron chi connectivity index (χ3n) is 2.89. The van der Waals surface area contributed by atoms with Crippen molar-refractivity contribution in [1.29, 1.82) is 0 Å². The summed E-state index contributed by atoms with van der Waals surface area (Å²) < 4.78 is 0. The maximum absolute atomic E-state index is 2.28. The van der Waals surface area contributed by atoms with Crippen LogP contribution in [0.15, 0.2) is 42.5 Å². The molecule has 0 saturated heterocycles. The van der Waals surface area contributed by atoms with Crippen LogP contribution in [0.2, 0.25) is 0 Å². The van der Waals surface area contributed by atoms with Gasteiger partial charge in [-0.15, -0.1) is 0 Å². The van der Waals surface area contributed by atoms with Crippen LogP contribution in [0.4, 0.5) is 0 Å². The quantitative estimate of drug-likeness (QED) is 0.529. The molecule has 2 aromatic rings. The molecule has 0 bridgehead atoms. The number of rotatable bonds is 5. The second-order valence-electron chi connectivity index (χ2n) is 4.16. The SMILES string of the molecule is CCCCCPc1cccc2ccccc12. The van der Waals surface area contributed by atoms with Gasteiger partial charge in [0.15, 0.2) is 0 Å². The third-order valence-corrected chi connectivity index (χ3v) is 4.31. The van der Waals surface area contributed by atoms with Crippen LogP contribution in [0.25, 0.3) is 10.8 Å². The second-order valence-corrected chi connectivity index (χ2v) is 5.55. The Bertz CT molecular complexity index is 443. The molecule has 1 unspecified atom stereocenters. The number of fused-ring (bicyclic) bond motifs is 1. The van der Waals surface area contributed by atoms with Crippen LogP contribution in [-0.2, 0) is 0 Å². The Morgan fingerprint density at radius 1 is 0.938 bits per heavy atom. The summed E-state index contributed by atoms with van der Waals surface area (Å²) in [4.78, 5) is 0. The molecule has 0 radical (unpaired) electrons. The molecule has 0 nitrogen and oxygen atoms in total. The molecular weight excluding hydrogens is 211 g/mol. The zero-order valence-corrected chi connectivity index (χ0v) is 10.9. The lowest BCUT2D eigenvalue weighted by molar-refractivity contribution is 0.778. The summed E-state index contributed by atoms with van der Waals surface area (Å²) in [6.45, 7) is 2.26. The number of benzene rings is 2. The lowest BCUT2D eigenvalue weighted by Crippen LogP contribution is -1.97. The Kier molecular flexibility index (Phi) is 4.36. The normalized spacial score (nSPS) is 11.6. The largest absolute Gasteiger partial charge is 0.0897 e. The Hall–Kier alpha value is -0.870. The fraction of sp³-hybridized carbons (Fsp3) is 0.333. The summed E-state index contributed by atoms with van der Waals surface area (Å²) in [6.07, 6.45) is 5.41. The standard InChI is InChI=1S/C15H19P/c1-2-3-6-12-16-15-11-7-9-13-8-4-5-10-14(13)15/h4-5,7-11,16H,2-3,6,12H2,1H3. The average Bonchev–Trinajstić information content (AvgIpc) is 2.35. The minimum Gasteiger partial charge on any atom is -0.0897 e. The average molecular weight is 230 g/mol. The highest BCUT2D eigenvalue weighted by Gasteiger charge is 1.99.